The summed E-state index contributed by atoms with van der Waals surface area (Å²) in [5, 5.41) is 12.4. The van der Waals surface area contributed by atoms with Gasteiger partial charge in [0.25, 0.3) is 0 Å². The van der Waals surface area contributed by atoms with Crippen LogP contribution in [0.25, 0.3) is 0 Å². The van der Waals surface area contributed by atoms with Crippen molar-refractivity contribution in [1.82, 2.24) is 5.32 Å². The predicted octanol–water partition coefficient (Wildman–Crippen LogP) is 3.13. The summed E-state index contributed by atoms with van der Waals surface area (Å²) in [5.41, 5.74) is -0.230. The minimum atomic E-state index is -0.963. The maximum atomic E-state index is 13.0. The summed E-state index contributed by atoms with van der Waals surface area (Å²) in [5.74, 6) is -0.529. The molecule has 0 saturated heterocycles. The second-order valence-corrected chi connectivity index (χ2v) is 5.80. The van der Waals surface area contributed by atoms with Crippen LogP contribution in [0.2, 0.25) is 0 Å². The monoisotopic (exact) mass is 297 g/mol. The fourth-order valence-electron chi connectivity index (χ4n) is 2.26. The van der Waals surface area contributed by atoms with Crippen LogP contribution in [0.5, 0.6) is 5.75 Å². The summed E-state index contributed by atoms with van der Waals surface area (Å²) < 4.78 is 18.6. The molecular weight excluding hydrogens is 273 g/mol. The molecule has 0 saturated carbocycles. The SMILES string of the molecule is Cc1cc(F)ccc1OCCCC(C)(NC(C)C)C(=O)O. The van der Waals surface area contributed by atoms with Gasteiger partial charge in [-0.2, -0.15) is 0 Å². The number of aliphatic carboxylic acids is 1. The fourth-order valence-corrected chi connectivity index (χ4v) is 2.26. The van der Waals surface area contributed by atoms with Gasteiger partial charge in [0, 0.05) is 6.04 Å². The van der Waals surface area contributed by atoms with Crippen LogP contribution in [0.1, 0.15) is 39.2 Å². The molecule has 0 heterocycles. The lowest BCUT2D eigenvalue weighted by molar-refractivity contribution is -0.144. The van der Waals surface area contributed by atoms with Crippen molar-refractivity contribution in [3.8, 4) is 5.75 Å². The van der Waals surface area contributed by atoms with Crippen molar-refractivity contribution in [2.24, 2.45) is 0 Å². The number of carboxylic acid groups (broad SMARTS) is 1. The second-order valence-electron chi connectivity index (χ2n) is 5.80. The van der Waals surface area contributed by atoms with Gasteiger partial charge in [-0.05, 0) is 64.3 Å². The summed E-state index contributed by atoms with van der Waals surface area (Å²) in [6.07, 6.45) is 1.06. The lowest BCUT2D eigenvalue weighted by Crippen LogP contribution is -2.52. The summed E-state index contributed by atoms with van der Waals surface area (Å²) in [7, 11) is 0. The van der Waals surface area contributed by atoms with Gasteiger partial charge in [0.05, 0.1) is 6.61 Å². The zero-order valence-electron chi connectivity index (χ0n) is 13.1. The minimum absolute atomic E-state index is 0.0892. The Kier molecular flexibility index (Phi) is 6.15. The molecule has 1 aromatic rings. The van der Waals surface area contributed by atoms with E-state index in [-0.39, 0.29) is 11.9 Å². The molecule has 21 heavy (non-hydrogen) atoms. The highest BCUT2D eigenvalue weighted by Gasteiger charge is 2.32. The maximum Gasteiger partial charge on any atom is 0.323 e. The number of benzene rings is 1. The van der Waals surface area contributed by atoms with Crippen molar-refractivity contribution >= 4 is 5.97 Å². The molecule has 0 spiro atoms. The van der Waals surface area contributed by atoms with Crippen LogP contribution in [0, 0.1) is 12.7 Å². The van der Waals surface area contributed by atoms with Gasteiger partial charge in [-0.25, -0.2) is 4.39 Å². The van der Waals surface area contributed by atoms with Crippen LogP contribution >= 0.6 is 0 Å². The fraction of sp³-hybridized carbons (Fsp3) is 0.562. The average Bonchev–Trinajstić information content (AvgIpc) is 2.35. The van der Waals surface area contributed by atoms with Crippen molar-refractivity contribution in [1.29, 1.82) is 0 Å². The van der Waals surface area contributed by atoms with Crippen molar-refractivity contribution in [3.05, 3.63) is 29.6 Å². The Labute approximate surface area is 125 Å². The first-order valence-corrected chi connectivity index (χ1v) is 7.14. The molecule has 0 radical (unpaired) electrons. The van der Waals surface area contributed by atoms with Crippen LogP contribution in [-0.2, 0) is 4.79 Å². The van der Waals surface area contributed by atoms with Crippen LogP contribution in [0.3, 0.4) is 0 Å². The molecule has 1 unspecified atom stereocenters. The molecule has 0 amide bonds. The van der Waals surface area contributed by atoms with E-state index in [2.05, 4.69) is 5.32 Å². The van der Waals surface area contributed by atoms with Gasteiger partial charge < -0.3 is 9.84 Å². The molecule has 0 aliphatic carbocycles. The summed E-state index contributed by atoms with van der Waals surface area (Å²) >= 11 is 0. The Morgan fingerprint density at radius 2 is 2.14 bits per heavy atom. The summed E-state index contributed by atoms with van der Waals surface area (Å²) in [6, 6.07) is 4.44. The third kappa shape index (κ3) is 5.34. The van der Waals surface area contributed by atoms with Gasteiger partial charge in [0.15, 0.2) is 0 Å². The van der Waals surface area contributed by atoms with Crippen molar-refractivity contribution < 1.29 is 19.0 Å². The van der Waals surface area contributed by atoms with Crippen molar-refractivity contribution in [2.75, 3.05) is 6.61 Å². The zero-order chi connectivity index (χ0) is 16.0. The first-order valence-electron chi connectivity index (χ1n) is 7.14. The maximum absolute atomic E-state index is 13.0. The molecule has 4 nitrogen and oxygen atoms in total. The Bertz CT molecular complexity index is 490. The lowest BCUT2D eigenvalue weighted by Gasteiger charge is -2.28. The number of nitrogens with one attached hydrogen (secondary N) is 1. The molecule has 1 rings (SSSR count). The Morgan fingerprint density at radius 3 is 2.67 bits per heavy atom. The molecule has 0 bridgehead atoms. The number of halogens is 1. The Hall–Kier alpha value is -1.62. The predicted molar refractivity (Wildman–Crippen MR) is 80.2 cm³/mol. The highest BCUT2D eigenvalue weighted by atomic mass is 19.1. The van der Waals surface area contributed by atoms with Crippen molar-refractivity contribution in [2.45, 2.75) is 52.1 Å². The number of ether oxygens (including phenoxy) is 1. The van der Waals surface area contributed by atoms with E-state index in [1.807, 2.05) is 13.8 Å². The standard InChI is InChI=1S/C16H24FNO3/c1-11(2)18-16(4,15(19)20)8-5-9-21-14-7-6-13(17)10-12(14)3/h6-7,10-11,18H,5,8-9H2,1-4H3,(H,19,20). The number of carboxylic acids is 1. The highest BCUT2D eigenvalue weighted by molar-refractivity contribution is 5.78. The third-order valence-electron chi connectivity index (χ3n) is 3.29. The van der Waals surface area contributed by atoms with Crippen molar-refractivity contribution in [3.63, 3.8) is 0 Å². The van der Waals surface area contributed by atoms with Gasteiger partial charge >= 0.3 is 5.97 Å². The molecule has 118 valence electrons. The topological polar surface area (TPSA) is 58.6 Å². The van der Waals surface area contributed by atoms with E-state index in [4.69, 9.17) is 4.74 Å². The highest BCUT2D eigenvalue weighted by Crippen LogP contribution is 2.20. The molecule has 1 atom stereocenters. The molecule has 0 fully saturated rings. The number of hydrogen-bond acceptors (Lipinski definition) is 3. The van der Waals surface area contributed by atoms with Gasteiger partial charge in [-0.3, -0.25) is 10.1 Å². The number of aryl methyl sites for hydroxylation is 1. The van der Waals surface area contributed by atoms with E-state index in [9.17, 15) is 14.3 Å². The Morgan fingerprint density at radius 1 is 1.48 bits per heavy atom. The van der Waals surface area contributed by atoms with E-state index in [0.29, 0.717) is 25.2 Å². The van der Waals surface area contributed by atoms with Crippen LogP contribution in [-0.4, -0.2) is 29.3 Å². The zero-order valence-corrected chi connectivity index (χ0v) is 13.1. The lowest BCUT2D eigenvalue weighted by atomic mass is 9.95. The number of rotatable bonds is 8. The van der Waals surface area contributed by atoms with E-state index in [0.717, 1.165) is 5.56 Å². The van der Waals surface area contributed by atoms with E-state index in [1.165, 1.54) is 12.1 Å². The molecule has 1 aromatic carbocycles. The normalized spacial score (nSPS) is 14.0. The van der Waals surface area contributed by atoms with Gasteiger partial charge in [-0.1, -0.05) is 0 Å². The molecule has 2 N–H and O–H groups in total. The minimum Gasteiger partial charge on any atom is -0.493 e. The largest absolute Gasteiger partial charge is 0.493 e. The molecular formula is C16H24FNO3. The van der Waals surface area contributed by atoms with E-state index < -0.39 is 11.5 Å². The molecule has 0 aliphatic heterocycles. The summed E-state index contributed by atoms with van der Waals surface area (Å²) in [4.78, 5) is 11.4. The molecule has 5 heteroatoms. The van der Waals surface area contributed by atoms with Gasteiger partial charge in [0.2, 0.25) is 0 Å². The van der Waals surface area contributed by atoms with E-state index >= 15 is 0 Å². The molecule has 0 aromatic heterocycles. The second kappa shape index (κ2) is 7.41. The van der Waals surface area contributed by atoms with Crippen LogP contribution < -0.4 is 10.1 Å². The molecule has 0 aliphatic rings. The van der Waals surface area contributed by atoms with E-state index in [1.54, 1.807) is 19.9 Å². The number of hydrogen-bond donors (Lipinski definition) is 2. The first-order chi connectivity index (χ1) is 9.74. The summed E-state index contributed by atoms with van der Waals surface area (Å²) in [6.45, 7) is 7.69. The Balaban J connectivity index is 2.49. The van der Waals surface area contributed by atoms with Crippen LogP contribution in [0.4, 0.5) is 4.39 Å². The number of carbonyl (C=O) groups is 1. The smallest absolute Gasteiger partial charge is 0.323 e. The quantitative estimate of drug-likeness (QED) is 0.724. The van der Waals surface area contributed by atoms with Gasteiger partial charge in [-0.15, -0.1) is 0 Å². The van der Waals surface area contributed by atoms with Gasteiger partial charge in [0.1, 0.15) is 17.1 Å². The average molecular weight is 297 g/mol. The van der Waals surface area contributed by atoms with Crippen LogP contribution in [0.15, 0.2) is 18.2 Å². The third-order valence-corrected chi connectivity index (χ3v) is 3.29. The first kappa shape index (κ1) is 17.4.